The van der Waals surface area contributed by atoms with Gasteiger partial charge in [-0.2, -0.15) is 0 Å². The number of benzene rings is 2. The van der Waals surface area contributed by atoms with E-state index >= 15 is 0 Å². The fourth-order valence-corrected chi connectivity index (χ4v) is 4.79. The normalized spacial score (nSPS) is 11.4. The highest BCUT2D eigenvalue weighted by Crippen LogP contribution is 2.30. The summed E-state index contributed by atoms with van der Waals surface area (Å²) < 4.78 is 5.71. The lowest BCUT2D eigenvalue weighted by atomic mass is 10.0. The molecule has 3 heteroatoms. The van der Waals surface area contributed by atoms with Gasteiger partial charge in [-0.1, -0.05) is 121 Å². The van der Waals surface area contributed by atoms with Crippen LogP contribution in [0.5, 0.6) is 0 Å². The highest BCUT2D eigenvalue weighted by atomic mass is 16.3. The predicted molar refractivity (Wildman–Crippen MR) is 141 cm³/mol. The van der Waals surface area contributed by atoms with Crippen LogP contribution >= 0.6 is 0 Å². The standard InChI is InChI=1S/C30H43NO2/c1-2-3-4-5-6-7-8-9-10-11-12-13-14-17-22-31-29(32)23-26-24-33-28-21-20-25-18-15-16-19-27(25)30(26)28/h15-16,18-21,24H,2-14,17,22-23H2,1H3,(H,31,32). The quantitative estimate of drug-likeness (QED) is 0.209. The maximum Gasteiger partial charge on any atom is 0.224 e. The van der Waals surface area contributed by atoms with Crippen molar-refractivity contribution in [2.24, 2.45) is 0 Å². The van der Waals surface area contributed by atoms with Crippen LogP contribution in [0.4, 0.5) is 0 Å². The van der Waals surface area contributed by atoms with Crippen LogP contribution in [-0.2, 0) is 11.2 Å². The third-order valence-corrected chi connectivity index (χ3v) is 6.74. The Morgan fingerprint density at radius 1 is 0.758 bits per heavy atom. The molecular formula is C30H43NO2. The van der Waals surface area contributed by atoms with Crippen LogP contribution in [0, 0.1) is 0 Å². The third-order valence-electron chi connectivity index (χ3n) is 6.74. The zero-order chi connectivity index (χ0) is 23.1. The molecule has 180 valence electrons. The number of unbranched alkanes of at least 4 members (excludes halogenated alkanes) is 13. The third kappa shape index (κ3) is 8.53. The molecule has 0 aliphatic carbocycles. The molecule has 3 nitrogen and oxygen atoms in total. The number of nitrogens with one attached hydrogen (secondary N) is 1. The summed E-state index contributed by atoms with van der Waals surface area (Å²) in [4.78, 5) is 12.5. The molecule has 0 fully saturated rings. The van der Waals surface area contributed by atoms with E-state index in [0.29, 0.717) is 6.42 Å². The summed E-state index contributed by atoms with van der Waals surface area (Å²) in [5.41, 5.74) is 1.82. The summed E-state index contributed by atoms with van der Waals surface area (Å²) in [5.74, 6) is 0.0836. The van der Waals surface area contributed by atoms with Crippen LogP contribution in [0.2, 0.25) is 0 Å². The minimum absolute atomic E-state index is 0.0836. The molecule has 1 amide bonds. The van der Waals surface area contributed by atoms with Gasteiger partial charge in [0.05, 0.1) is 12.7 Å². The Kier molecular flexibility index (Phi) is 11.3. The van der Waals surface area contributed by atoms with Gasteiger partial charge in [-0.15, -0.1) is 0 Å². The number of carbonyl (C=O) groups excluding carboxylic acids is 1. The van der Waals surface area contributed by atoms with E-state index in [-0.39, 0.29) is 5.91 Å². The number of fused-ring (bicyclic) bond motifs is 3. The fourth-order valence-electron chi connectivity index (χ4n) is 4.79. The van der Waals surface area contributed by atoms with Crippen molar-refractivity contribution in [1.82, 2.24) is 5.32 Å². The van der Waals surface area contributed by atoms with Crippen LogP contribution in [-0.4, -0.2) is 12.5 Å². The van der Waals surface area contributed by atoms with Crippen molar-refractivity contribution in [3.8, 4) is 0 Å². The van der Waals surface area contributed by atoms with Gasteiger partial charge in [-0.05, 0) is 23.3 Å². The first-order valence-electron chi connectivity index (χ1n) is 13.4. The molecule has 0 spiro atoms. The monoisotopic (exact) mass is 449 g/mol. The van der Waals surface area contributed by atoms with E-state index in [1.807, 2.05) is 18.2 Å². The first-order valence-corrected chi connectivity index (χ1v) is 13.4. The number of hydrogen-bond acceptors (Lipinski definition) is 2. The lowest BCUT2D eigenvalue weighted by Gasteiger charge is -2.06. The molecular weight excluding hydrogens is 406 g/mol. The first-order chi connectivity index (χ1) is 16.3. The molecule has 3 aromatic rings. The van der Waals surface area contributed by atoms with Crippen molar-refractivity contribution in [2.75, 3.05) is 6.54 Å². The maximum absolute atomic E-state index is 12.5. The van der Waals surface area contributed by atoms with E-state index in [9.17, 15) is 4.79 Å². The van der Waals surface area contributed by atoms with E-state index in [2.05, 4.69) is 30.4 Å². The van der Waals surface area contributed by atoms with Crippen molar-refractivity contribution in [3.05, 3.63) is 48.2 Å². The van der Waals surface area contributed by atoms with Crippen molar-refractivity contribution < 1.29 is 9.21 Å². The highest BCUT2D eigenvalue weighted by Gasteiger charge is 2.12. The molecule has 3 rings (SSSR count). The Morgan fingerprint density at radius 2 is 1.36 bits per heavy atom. The van der Waals surface area contributed by atoms with Crippen molar-refractivity contribution >= 4 is 27.6 Å². The lowest BCUT2D eigenvalue weighted by molar-refractivity contribution is -0.120. The van der Waals surface area contributed by atoms with Crippen LogP contribution in [0.15, 0.2) is 47.1 Å². The Morgan fingerprint density at radius 3 is 2.03 bits per heavy atom. The minimum atomic E-state index is 0.0836. The van der Waals surface area contributed by atoms with Crippen molar-refractivity contribution in [3.63, 3.8) is 0 Å². The Bertz CT molecular complexity index is 958. The predicted octanol–water partition coefficient (Wildman–Crippen LogP) is 8.73. The van der Waals surface area contributed by atoms with Crippen LogP contribution in [0.3, 0.4) is 0 Å². The largest absolute Gasteiger partial charge is 0.464 e. The topological polar surface area (TPSA) is 42.2 Å². The summed E-state index contributed by atoms with van der Waals surface area (Å²) in [7, 11) is 0. The number of furan rings is 1. The average molecular weight is 450 g/mol. The van der Waals surface area contributed by atoms with Gasteiger partial charge in [0.1, 0.15) is 5.58 Å². The summed E-state index contributed by atoms with van der Waals surface area (Å²) in [6.07, 6.45) is 21.0. The van der Waals surface area contributed by atoms with Crippen LogP contribution in [0.25, 0.3) is 21.7 Å². The van der Waals surface area contributed by atoms with Crippen LogP contribution in [0.1, 0.15) is 102 Å². The second-order valence-electron chi connectivity index (χ2n) is 9.54. The second-order valence-corrected chi connectivity index (χ2v) is 9.54. The highest BCUT2D eigenvalue weighted by molar-refractivity contribution is 6.08. The molecule has 0 aliphatic rings. The number of hydrogen-bond donors (Lipinski definition) is 1. The summed E-state index contributed by atoms with van der Waals surface area (Å²) in [5, 5.41) is 6.49. The Hall–Kier alpha value is -2.29. The minimum Gasteiger partial charge on any atom is -0.464 e. The second kappa shape index (κ2) is 14.8. The van der Waals surface area contributed by atoms with E-state index < -0.39 is 0 Å². The van der Waals surface area contributed by atoms with Gasteiger partial charge in [-0.25, -0.2) is 0 Å². The van der Waals surface area contributed by atoms with Crippen molar-refractivity contribution in [2.45, 2.75) is 103 Å². The SMILES string of the molecule is CCCCCCCCCCCCCCCCNC(=O)Cc1coc2ccc3ccccc3c12. The average Bonchev–Trinajstić information content (AvgIpc) is 3.24. The molecule has 0 radical (unpaired) electrons. The molecule has 33 heavy (non-hydrogen) atoms. The summed E-state index contributed by atoms with van der Waals surface area (Å²) in [6.45, 7) is 3.05. The van der Waals surface area contributed by atoms with Gasteiger partial charge in [0.2, 0.25) is 5.91 Å². The lowest BCUT2D eigenvalue weighted by Crippen LogP contribution is -2.26. The summed E-state index contributed by atoms with van der Waals surface area (Å²) >= 11 is 0. The van der Waals surface area contributed by atoms with Crippen molar-refractivity contribution in [1.29, 1.82) is 0 Å². The maximum atomic E-state index is 12.5. The van der Waals surface area contributed by atoms with Crippen LogP contribution < -0.4 is 5.32 Å². The molecule has 1 aromatic heterocycles. The van der Waals surface area contributed by atoms with E-state index in [0.717, 1.165) is 34.9 Å². The molecule has 0 aliphatic heterocycles. The molecule has 0 saturated carbocycles. The van der Waals surface area contributed by atoms with Gasteiger partial charge in [0, 0.05) is 17.5 Å². The Balaban J connectivity index is 1.22. The van der Waals surface area contributed by atoms with E-state index in [4.69, 9.17) is 4.42 Å². The first kappa shape index (κ1) is 25.3. The van der Waals surface area contributed by atoms with Gasteiger partial charge in [-0.3, -0.25) is 4.79 Å². The fraction of sp³-hybridized carbons (Fsp3) is 0.567. The molecule has 1 N–H and O–H groups in total. The smallest absolute Gasteiger partial charge is 0.224 e. The number of rotatable bonds is 17. The van der Waals surface area contributed by atoms with Gasteiger partial charge in [0.25, 0.3) is 0 Å². The zero-order valence-corrected chi connectivity index (χ0v) is 20.7. The molecule has 0 unspecified atom stereocenters. The molecule has 2 aromatic carbocycles. The zero-order valence-electron chi connectivity index (χ0n) is 20.7. The number of carbonyl (C=O) groups is 1. The van der Waals surface area contributed by atoms with Gasteiger partial charge >= 0.3 is 0 Å². The molecule has 0 saturated heterocycles. The molecule has 0 atom stereocenters. The van der Waals surface area contributed by atoms with Gasteiger partial charge in [0.15, 0.2) is 0 Å². The van der Waals surface area contributed by atoms with E-state index in [1.165, 1.54) is 88.9 Å². The molecule has 1 heterocycles. The Labute approximate surface area is 200 Å². The number of amides is 1. The van der Waals surface area contributed by atoms with E-state index in [1.54, 1.807) is 6.26 Å². The molecule has 0 bridgehead atoms. The summed E-state index contributed by atoms with van der Waals surface area (Å²) in [6, 6.07) is 12.3. The van der Waals surface area contributed by atoms with Gasteiger partial charge < -0.3 is 9.73 Å².